The maximum absolute atomic E-state index is 12.6. The van der Waals surface area contributed by atoms with Gasteiger partial charge in [0.25, 0.3) is 0 Å². The molecule has 0 aliphatic heterocycles. The summed E-state index contributed by atoms with van der Waals surface area (Å²) in [5.74, 6) is -0.340. The molecule has 0 heterocycles. The Hall–Kier alpha value is -2.18. The van der Waals surface area contributed by atoms with Gasteiger partial charge in [0, 0.05) is 12.2 Å². The molecule has 0 spiro atoms. The van der Waals surface area contributed by atoms with E-state index >= 15 is 0 Å². The number of anilines is 1. The van der Waals surface area contributed by atoms with E-state index < -0.39 is 10.0 Å². The van der Waals surface area contributed by atoms with Crippen LogP contribution in [0.4, 0.5) is 5.69 Å². The molecule has 0 aliphatic carbocycles. The summed E-state index contributed by atoms with van der Waals surface area (Å²) in [7, 11) is -3.52. The molecule has 0 aliphatic rings. The monoisotopic (exact) mass is 402 g/mol. The SMILES string of the molecule is CCCCCCNS(=O)(=O)c1ccc(NC(=O)C(CC)c2ccccc2)cc1. The molecule has 2 rings (SSSR count). The van der Waals surface area contributed by atoms with Crippen LogP contribution in [0.25, 0.3) is 0 Å². The van der Waals surface area contributed by atoms with Crippen molar-refractivity contribution in [1.82, 2.24) is 4.72 Å². The van der Waals surface area contributed by atoms with Crippen molar-refractivity contribution in [2.24, 2.45) is 0 Å². The zero-order chi connectivity index (χ0) is 20.4. The third-order valence-electron chi connectivity index (χ3n) is 4.68. The molecule has 0 bridgehead atoms. The van der Waals surface area contributed by atoms with Gasteiger partial charge >= 0.3 is 0 Å². The van der Waals surface area contributed by atoms with E-state index in [1.54, 1.807) is 12.1 Å². The van der Waals surface area contributed by atoms with Crippen LogP contribution in [0.3, 0.4) is 0 Å². The lowest BCUT2D eigenvalue weighted by Crippen LogP contribution is -2.25. The van der Waals surface area contributed by atoms with E-state index in [2.05, 4.69) is 17.0 Å². The van der Waals surface area contributed by atoms with Crippen molar-refractivity contribution < 1.29 is 13.2 Å². The Morgan fingerprint density at radius 1 is 0.929 bits per heavy atom. The first-order valence-electron chi connectivity index (χ1n) is 9.93. The van der Waals surface area contributed by atoms with Crippen molar-refractivity contribution in [2.75, 3.05) is 11.9 Å². The molecule has 28 heavy (non-hydrogen) atoms. The number of sulfonamides is 1. The highest BCUT2D eigenvalue weighted by molar-refractivity contribution is 7.89. The molecule has 1 amide bonds. The van der Waals surface area contributed by atoms with Gasteiger partial charge < -0.3 is 5.32 Å². The normalized spacial score (nSPS) is 12.5. The second-order valence-electron chi connectivity index (χ2n) is 6.84. The molecule has 152 valence electrons. The Labute approximate surface area is 168 Å². The molecule has 0 aromatic heterocycles. The Morgan fingerprint density at radius 2 is 1.61 bits per heavy atom. The Kier molecular flexibility index (Phi) is 8.67. The molecule has 0 fully saturated rings. The maximum atomic E-state index is 12.6. The van der Waals surface area contributed by atoms with E-state index in [4.69, 9.17) is 0 Å². The van der Waals surface area contributed by atoms with Gasteiger partial charge in [-0.15, -0.1) is 0 Å². The van der Waals surface area contributed by atoms with Crippen LogP contribution in [-0.4, -0.2) is 20.9 Å². The first kappa shape index (κ1) is 22.1. The molecule has 2 aromatic carbocycles. The van der Waals surface area contributed by atoms with Crippen molar-refractivity contribution in [1.29, 1.82) is 0 Å². The van der Waals surface area contributed by atoms with Gasteiger partial charge in [0.2, 0.25) is 15.9 Å². The minimum atomic E-state index is -3.52. The largest absolute Gasteiger partial charge is 0.326 e. The molecule has 1 atom stereocenters. The van der Waals surface area contributed by atoms with Gasteiger partial charge in [0.05, 0.1) is 10.8 Å². The fourth-order valence-electron chi connectivity index (χ4n) is 3.05. The molecular weight excluding hydrogens is 372 g/mol. The van der Waals surface area contributed by atoms with Crippen molar-refractivity contribution in [3.63, 3.8) is 0 Å². The summed E-state index contributed by atoms with van der Waals surface area (Å²) < 4.78 is 27.3. The van der Waals surface area contributed by atoms with Gasteiger partial charge in [0.1, 0.15) is 0 Å². The van der Waals surface area contributed by atoms with Crippen molar-refractivity contribution >= 4 is 21.6 Å². The zero-order valence-corrected chi connectivity index (χ0v) is 17.5. The van der Waals surface area contributed by atoms with Gasteiger partial charge in [0.15, 0.2) is 0 Å². The fourth-order valence-corrected chi connectivity index (χ4v) is 4.12. The lowest BCUT2D eigenvalue weighted by molar-refractivity contribution is -0.117. The highest BCUT2D eigenvalue weighted by Gasteiger charge is 2.19. The predicted molar refractivity (Wildman–Crippen MR) is 114 cm³/mol. The van der Waals surface area contributed by atoms with Crippen LogP contribution in [0.5, 0.6) is 0 Å². The molecule has 1 unspecified atom stereocenters. The average molecular weight is 403 g/mol. The fraction of sp³-hybridized carbons (Fsp3) is 0.409. The minimum absolute atomic E-state index is 0.0987. The smallest absolute Gasteiger partial charge is 0.240 e. The molecule has 0 radical (unpaired) electrons. The van der Waals surface area contributed by atoms with Gasteiger partial charge in [-0.05, 0) is 42.7 Å². The van der Waals surface area contributed by atoms with E-state index in [0.29, 0.717) is 18.7 Å². The third kappa shape index (κ3) is 6.46. The topological polar surface area (TPSA) is 75.3 Å². The quantitative estimate of drug-likeness (QED) is 0.536. The van der Waals surface area contributed by atoms with Gasteiger partial charge in [-0.3, -0.25) is 4.79 Å². The molecule has 0 saturated carbocycles. The number of unbranched alkanes of at least 4 members (excludes halogenated alkanes) is 3. The minimum Gasteiger partial charge on any atom is -0.326 e. The van der Waals surface area contributed by atoms with Crippen molar-refractivity contribution in [3.05, 3.63) is 60.2 Å². The number of rotatable bonds is 11. The van der Waals surface area contributed by atoms with Crippen LogP contribution >= 0.6 is 0 Å². The number of carbonyl (C=O) groups excluding carboxylic acids is 1. The number of benzene rings is 2. The van der Waals surface area contributed by atoms with Crippen LogP contribution < -0.4 is 10.0 Å². The van der Waals surface area contributed by atoms with E-state index in [0.717, 1.165) is 31.2 Å². The van der Waals surface area contributed by atoms with E-state index in [1.165, 1.54) is 12.1 Å². The van der Waals surface area contributed by atoms with E-state index in [9.17, 15) is 13.2 Å². The first-order valence-corrected chi connectivity index (χ1v) is 11.4. The molecule has 2 aromatic rings. The van der Waals surface area contributed by atoms with E-state index in [1.807, 2.05) is 37.3 Å². The summed E-state index contributed by atoms with van der Waals surface area (Å²) in [6, 6.07) is 15.9. The van der Waals surface area contributed by atoms with Crippen LogP contribution in [0.15, 0.2) is 59.5 Å². The van der Waals surface area contributed by atoms with Crippen molar-refractivity contribution in [3.8, 4) is 0 Å². The highest BCUT2D eigenvalue weighted by atomic mass is 32.2. The molecule has 5 nitrogen and oxygen atoms in total. The zero-order valence-electron chi connectivity index (χ0n) is 16.6. The second kappa shape index (κ2) is 11.0. The summed E-state index contributed by atoms with van der Waals surface area (Å²) in [5, 5.41) is 2.88. The number of hydrogen-bond donors (Lipinski definition) is 2. The predicted octanol–water partition coefficient (Wildman–Crippen LogP) is 4.68. The van der Waals surface area contributed by atoms with Gasteiger partial charge in [-0.25, -0.2) is 13.1 Å². The summed E-state index contributed by atoms with van der Waals surface area (Å²) >= 11 is 0. The summed E-state index contributed by atoms with van der Waals surface area (Å²) in [4.78, 5) is 12.8. The van der Waals surface area contributed by atoms with Crippen LogP contribution in [0, 0.1) is 0 Å². The van der Waals surface area contributed by atoms with Crippen LogP contribution in [0.1, 0.15) is 57.4 Å². The average Bonchev–Trinajstić information content (AvgIpc) is 2.69. The van der Waals surface area contributed by atoms with Gasteiger partial charge in [-0.2, -0.15) is 0 Å². The first-order chi connectivity index (χ1) is 13.5. The molecular formula is C22H30N2O3S. The number of carbonyl (C=O) groups is 1. The third-order valence-corrected chi connectivity index (χ3v) is 6.16. The Morgan fingerprint density at radius 3 is 2.21 bits per heavy atom. The van der Waals surface area contributed by atoms with Crippen LogP contribution in [0.2, 0.25) is 0 Å². The molecule has 2 N–H and O–H groups in total. The molecule has 0 saturated heterocycles. The lowest BCUT2D eigenvalue weighted by atomic mass is 9.95. The van der Waals surface area contributed by atoms with Crippen LogP contribution in [-0.2, 0) is 14.8 Å². The second-order valence-corrected chi connectivity index (χ2v) is 8.61. The van der Waals surface area contributed by atoms with E-state index in [-0.39, 0.29) is 16.7 Å². The van der Waals surface area contributed by atoms with Crippen molar-refractivity contribution in [2.45, 2.75) is 56.8 Å². The summed E-state index contributed by atoms with van der Waals surface area (Å²) in [5.41, 5.74) is 1.55. The number of amides is 1. The van der Waals surface area contributed by atoms with Gasteiger partial charge in [-0.1, -0.05) is 63.4 Å². The number of hydrogen-bond acceptors (Lipinski definition) is 3. The summed E-state index contributed by atoms with van der Waals surface area (Å²) in [6.07, 6.45) is 4.76. The highest BCUT2D eigenvalue weighted by Crippen LogP contribution is 2.22. The summed E-state index contributed by atoms with van der Waals surface area (Å²) in [6.45, 7) is 4.53. The number of nitrogens with one attached hydrogen (secondary N) is 2. The Bertz CT molecular complexity index is 834. The lowest BCUT2D eigenvalue weighted by Gasteiger charge is -2.15. The standard InChI is InChI=1S/C22H30N2O3S/c1-3-5-6-10-17-23-28(26,27)20-15-13-19(14-16-20)24-22(25)21(4-2)18-11-8-7-9-12-18/h7-9,11-16,21,23H,3-6,10,17H2,1-2H3,(H,24,25). The Balaban J connectivity index is 1.97. The molecule has 6 heteroatoms. The maximum Gasteiger partial charge on any atom is 0.240 e.